The summed E-state index contributed by atoms with van der Waals surface area (Å²) in [7, 11) is 0. The number of halogens is 1. The standard InChI is InChI=1S/C24H28IN7O2/c1-3-27-21(33)16-7-9-18-14(11-16)5-6-15-12-17(22(34)28-4-2)8-10-19(15)24(18,13-20(25)26)23-29-31-32-30-23/h7-12,20H,3-6,13,26H2,1-2H3,(H,27,33)(H,28,34)(H,29,30,31,32)/t20-/m0/s1. The second kappa shape index (κ2) is 10.2. The molecule has 0 radical (unpaired) electrons. The van der Waals surface area contributed by atoms with Crippen LogP contribution in [-0.4, -0.2) is 49.6 Å². The lowest BCUT2D eigenvalue weighted by Gasteiger charge is -2.35. The first-order chi connectivity index (χ1) is 16.4. The molecule has 1 heterocycles. The van der Waals surface area contributed by atoms with E-state index in [2.05, 4.69) is 53.8 Å². The minimum Gasteiger partial charge on any atom is -0.352 e. The monoisotopic (exact) mass is 573 g/mol. The highest BCUT2D eigenvalue weighted by Crippen LogP contribution is 2.47. The Hall–Kier alpha value is -2.86. The zero-order chi connectivity index (χ0) is 24.3. The molecule has 2 amide bonds. The summed E-state index contributed by atoms with van der Waals surface area (Å²) in [6.07, 6.45) is 1.92. The van der Waals surface area contributed by atoms with Crippen LogP contribution < -0.4 is 16.4 Å². The van der Waals surface area contributed by atoms with Crippen LogP contribution in [0, 0.1) is 0 Å². The molecule has 178 valence electrons. The van der Waals surface area contributed by atoms with Crippen LogP contribution in [0.1, 0.15) is 69.1 Å². The molecular formula is C24H28IN7O2. The van der Waals surface area contributed by atoms with E-state index in [4.69, 9.17) is 5.73 Å². The number of hydrogen-bond acceptors (Lipinski definition) is 6. The molecule has 0 saturated heterocycles. The number of aromatic amines is 1. The number of hydrogen-bond donors (Lipinski definition) is 4. The quantitative estimate of drug-likeness (QED) is 0.194. The van der Waals surface area contributed by atoms with Crippen molar-refractivity contribution < 1.29 is 9.59 Å². The third-order valence-electron chi connectivity index (χ3n) is 6.22. The molecule has 0 aliphatic heterocycles. The highest BCUT2D eigenvalue weighted by Gasteiger charge is 2.45. The molecule has 34 heavy (non-hydrogen) atoms. The van der Waals surface area contributed by atoms with Crippen molar-refractivity contribution in [2.24, 2.45) is 5.73 Å². The van der Waals surface area contributed by atoms with Gasteiger partial charge in [0.2, 0.25) is 0 Å². The van der Waals surface area contributed by atoms with Crippen LogP contribution in [-0.2, 0) is 18.3 Å². The third-order valence-corrected chi connectivity index (χ3v) is 6.66. The van der Waals surface area contributed by atoms with Crippen molar-refractivity contribution in [2.75, 3.05) is 13.1 Å². The van der Waals surface area contributed by atoms with E-state index in [1.54, 1.807) is 0 Å². The Morgan fingerprint density at radius 2 is 1.56 bits per heavy atom. The number of alkyl halides is 1. The summed E-state index contributed by atoms with van der Waals surface area (Å²) in [5, 5.41) is 21.0. The highest BCUT2D eigenvalue weighted by atomic mass is 127. The van der Waals surface area contributed by atoms with Crippen molar-refractivity contribution >= 4 is 34.4 Å². The lowest BCUT2D eigenvalue weighted by molar-refractivity contribution is 0.0947. The number of aryl methyl sites for hydroxylation is 2. The fourth-order valence-electron chi connectivity index (χ4n) is 4.84. The number of benzene rings is 2. The second-order valence-electron chi connectivity index (χ2n) is 8.32. The first kappa shape index (κ1) is 24.3. The Balaban J connectivity index is 1.96. The molecule has 1 aliphatic carbocycles. The molecule has 1 atom stereocenters. The largest absolute Gasteiger partial charge is 0.352 e. The molecule has 4 rings (SSSR count). The lowest BCUT2D eigenvalue weighted by Crippen LogP contribution is -2.37. The van der Waals surface area contributed by atoms with Crippen LogP contribution in [0.3, 0.4) is 0 Å². The van der Waals surface area contributed by atoms with Crippen LogP contribution >= 0.6 is 22.6 Å². The van der Waals surface area contributed by atoms with E-state index in [1.807, 2.05) is 50.2 Å². The Bertz CT molecular complexity index is 1120. The summed E-state index contributed by atoms with van der Waals surface area (Å²) in [6, 6.07) is 11.6. The van der Waals surface area contributed by atoms with Gasteiger partial charge in [-0.1, -0.05) is 39.9 Å². The predicted molar refractivity (Wildman–Crippen MR) is 137 cm³/mol. The van der Waals surface area contributed by atoms with E-state index in [0.29, 0.717) is 49.3 Å². The maximum Gasteiger partial charge on any atom is 0.251 e. The Morgan fingerprint density at radius 3 is 1.97 bits per heavy atom. The van der Waals surface area contributed by atoms with Crippen LogP contribution in [0.2, 0.25) is 0 Å². The topological polar surface area (TPSA) is 139 Å². The molecule has 9 nitrogen and oxygen atoms in total. The first-order valence-electron chi connectivity index (χ1n) is 11.4. The maximum absolute atomic E-state index is 12.6. The molecule has 0 fully saturated rings. The number of nitrogens with two attached hydrogens (primary N) is 1. The first-order valence-corrected chi connectivity index (χ1v) is 12.6. The van der Waals surface area contributed by atoms with Gasteiger partial charge in [-0.2, -0.15) is 5.21 Å². The number of tetrazole rings is 1. The summed E-state index contributed by atoms with van der Waals surface area (Å²) in [4.78, 5) is 25.1. The summed E-state index contributed by atoms with van der Waals surface area (Å²) in [5.41, 5.74) is 10.9. The molecule has 2 aromatic carbocycles. The summed E-state index contributed by atoms with van der Waals surface area (Å²) in [5.74, 6) is 0.295. The van der Waals surface area contributed by atoms with Gasteiger partial charge in [-0.05, 0) is 79.6 Å². The van der Waals surface area contributed by atoms with Gasteiger partial charge in [0.25, 0.3) is 11.8 Å². The molecule has 1 aliphatic rings. The van der Waals surface area contributed by atoms with Gasteiger partial charge >= 0.3 is 0 Å². The van der Waals surface area contributed by atoms with E-state index in [1.165, 1.54) is 0 Å². The van der Waals surface area contributed by atoms with Gasteiger partial charge in [0.05, 0.1) is 9.46 Å². The molecule has 10 heteroatoms. The second-order valence-corrected chi connectivity index (χ2v) is 9.92. The van der Waals surface area contributed by atoms with Gasteiger partial charge in [-0.25, -0.2) is 0 Å². The molecule has 0 spiro atoms. The maximum atomic E-state index is 12.6. The van der Waals surface area contributed by atoms with E-state index >= 15 is 0 Å². The summed E-state index contributed by atoms with van der Waals surface area (Å²) < 4.78 is -0.207. The molecule has 0 saturated carbocycles. The van der Waals surface area contributed by atoms with Crippen LogP contribution in [0.5, 0.6) is 0 Å². The number of nitrogens with one attached hydrogen (secondary N) is 3. The van der Waals surface area contributed by atoms with Crippen molar-refractivity contribution in [3.05, 3.63) is 75.6 Å². The molecule has 0 bridgehead atoms. The van der Waals surface area contributed by atoms with Gasteiger partial charge in [-0.3, -0.25) is 9.59 Å². The number of H-pyrrole nitrogens is 1. The Morgan fingerprint density at radius 1 is 1.03 bits per heavy atom. The predicted octanol–water partition coefficient (Wildman–Crippen LogP) is 2.24. The van der Waals surface area contributed by atoms with Crippen LogP contribution in [0.15, 0.2) is 36.4 Å². The van der Waals surface area contributed by atoms with E-state index in [9.17, 15) is 9.59 Å². The van der Waals surface area contributed by atoms with E-state index in [0.717, 1.165) is 22.3 Å². The number of carbonyl (C=O) groups is 2. The molecule has 3 aromatic rings. The van der Waals surface area contributed by atoms with Crippen molar-refractivity contribution in [3.8, 4) is 0 Å². The number of nitrogens with zero attached hydrogens (tertiary/aromatic N) is 3. The molecule has 5 N–H and O–H groups in total. The van der Waals surface area contributed by atoms with Crippen molar-refractivity contribution in [3.63, 3.8) is 0 Å². The van der Waals surface area contributed by atoms with Gasteiger partial charge in [0.1, 0.15) is 0 Å². The van der Waals surface area contributed by atoms with Crippen molar-refractivity contribution in [2.45, 2.75) is 42.6 Å². The van der Waals surface area contributed by atoms with Crippen molar-refractivity contribution in [1.82, 2.24) is 31.3 Å². The zero-order valence-corrected chi connectivity index (χ0v) is 21.3. The number of amides is 2. The van der Waals surface area contributed by atoms with Crippen molar-refractivity contribution in [1.29, 1.82) is 0 Å². The van der Waals surface area contributed by atoms with Crippen LogP contribution in [0.25, 0.3) is 0 Å². The van der Waals surface area contributed by atoms with Gasteiger partial charge in [0.15, 0.2) is 5.82 Å². The third kappa shape index (κ3) is 4.43. The number of fused-ring (bicyclic) bond motifs is 2. The minimum absolute atomic E-state index is 0.110. The smallest absolute Gasteiger partial charge is 0.251 e. The van der Waals surface area contributed by atoms with Gasteiger partial charge in [0, 0.05) is 24.2 Å². The Labute approximate surface area is 211 Å². The van der Waals surface area contributed by atoms with E-state index in [-0.39, 0.29) is 15.9 Å². The fraction of sp³-hybridized carbons (Fsp3) is 0.375. The average molecular weight is 573 g/mol. The summed E-state index contributed by atoms with van der Waals surface area (Å²) >= 11 is 2.21. The molecule has 1 aromatic heterocycles. The number of aromatic nitrogens is 4. The van der Waals surface area contributed by atoms with Crippen LogP contribution in [0.4, 0.5) is 0 Å². The average Bonchev–Trinajstić information content (AvgIpc) is 3.33. The normalized spacial score (nSPS) is 14.9. The number of carbonyl (C=O) groups excluding carboxylic acids is 2. The van der Waals surface area contributed by atoms with Gasteiger partial charge in [-0.15, -0.1) is 10.2 Å². The highest BCUT2D eigenvalue weighted by molar-refractivity contribution is 14.1. The Kier molecular flexibility index (Phi) is 7.27. The molecular weight excluding hydrogens is 545 g/mol. The minimum atomic E-state index is -0.783. The van der Waals surface area contributed by atoms with E-state index < -0.39 is 5.41 Å². The SMILES string of the molecule is CCNC(=O)c1ccc2c(c1)CCc1cc(C(=O)NCC)ccc1C2(C[C@H](N)I)c1nn[nH]n1. The summed E-state index contributed by atoms with van der Waals surface area (Å²) in [6.45, 7) is 4.90. The fourth-order valence-corrected chi connectivity index (χ4v) is 5.50. The lowest BCUT2D eigenvalue weighted by atomic mass is 9.69. The zero-order valence-electron chi connectivity index (χ0n) is 19.2. The van der Waals surface area contributed by atoms with Gasteiger partial charge < -0.3 is 16.4 Å². The molecule has 0 unspecified atom stereocenters. The number of rotatable bonds is 7.